The molecule has 2 heterocycles. The van der Waals surface area contributed by atoms with E-state index in [1.165, 1.54) is 25.0 Å². The molecule has 0 saturated heterocycles. The Balaban J connectivity index is 1.43. The Labute approximate surface area is 195 Å². The van der Waals surface area contributed by atoms with E-state index in [1.807, 2.05) is 10.9 Å². The van der Waals surface area contributed by atoms with Gasteiger partial charge < -0.3 is 10.1 Å². The van der Waals surface area contributed by atoms with Crippen LogP contribution in [0.5, 0.6) is 5.75 Å². The van der Waals surface area contributed by atoms with E-state index >= 15 is 0 Å². The molecule has 2 aromatic heterocycles. The van der Waals surface area contributed by atoms with Crippen LogP contribution in [0.1, 0.15) is 67.7 Å². The van der Waals surface area contributed by atoms with E-state index in [0.29, 0.717) is 30.0 Å². The number of benzene rings is 1. The number of halogens is 3. The van der Waals surface area contributed by atoms with Gasteiger partial charge in [0.25, 0.3) is 5.91 Å². The fourth-order valence-electron chi connectivity index (χ4n) is 4.38. The minimum atomic E-state index is -4.63. The molecule has 6 nitrogen and oxygen atoms in total. The summed E-state index contributed by atoms with van der Waals surface area (Å²) in [5, 5.41) is 8.31. The summed E-state index contributed by atoms with van der Waals surface area (Å²) < 4.78 is 47.1. The summed E-state index contributed by atoms with van der Waals surface area (Å²) in [6, 6.07) is 7.19. The van der Waals surface area contributed by atoms with E-state index in [1.54, 1.807) is 12.1 Å². The van der Waals surface area contributed by atoms with Gasteiger partial charge >= 0.3 is 6.18 Å². The number of carbonyl (C=O) groups excluding carboxylic acids is 1. The molecule has 180 valence electrons. The average Bonchev–Trinajstić information content (AvgIpc) is 3.55. The van der Waals surface area contributed by atoms with Crippen LogP contribution >= 0.6 is 0 Å². The number of amides is 1. The zero-order chi connectivity index (χ0) is 23.9. The first-order valence-corrected chi connectivity index (χ1v) is 11.8. The lowest BCUT2D eigenvalue weighted by molar-refractivity contribution is -0.141. The fourth-order valence-corrected chi connectivity index (χ4v) is 4.38. The summed E-state index contributed by atoms with van der Waals surface area (Å²) in [6.07, 6.45) is 4.04. The average molecular weight is 473 g/mol. The van der Waals surface area contributed by atoms with Crippen molar-refractivity contribution in [1.82, 2.24) is 14.8 Å². The number of nitrogens with one attached hydrogen (secondary N) is 1. The van der Waals surface area contributed by atoms with Gasteiger partial charge in [0.05, 0.1) is 23.9 Å². The first kappa shape index (κ1) is 22.7. The van der Waals surface area contributed by atoms with E-state index in [0.717, 1.165) is 48.6 Å². The minimum absolute atomic E-state index is 0.310. The maximum absolute atomic E-state index is 13.0. The zero-order valence-corrected chi connectivity index (χ0v) is 18.9. The van der Waals surface area contributed by atoms with Crippen molar-refractivity contribution in [3.63, 3.8) is 0 Å². The number of anilines is 1. The van der Waals surface area contributed by atoms with Crippen molar-refractivity contribution >= 4 is 22.5 Å². The molecule has 0 bridgehead atoms. The second kappa shape index (κ2) is 8.92. The van der Waals surface area contributed by atoms with Gasteiger partial charge in [-0.15, -0.1) is 0 Å². The van der Waals surface area contributed by atoms with Crippen molar-refractivity contribution in [1.29, 1.82) is 0 Å². The molecule has 1 amide bonds. The number of pyridine rings is 1. The quantitative estimate of drug-likeness (QED) is 0.461. The van der Waals surface area contributed by atoms with Crippen molar-refractivity contribution in [2.24, 2.45) is 11.8 Å². The number of fused-ring (bicyclic) bond motifs is 1. The van der Waals surface area contributed by atoms with E-state index in [2.05, 4.69) is 17.2 Å². The van der Waals surface area contributed by atoms with Crippen LogP contribution in [0.15, 0.2) is 36.5 Å². The molecule has 34 heavy (non-hydrogen) atoms. The Kier molecular flexibility index (Phi) is 5.95. The number of hydrogen-bond acceptors (Lipinski definition) is 4. The standard InChI is InChI=1S/C25H27F3N4O2/c1-15-5-9-18(10-6-15)32-13-17-11-21(22(12-20(17)31-32)34-14-16-7-8-16)30-24(33)19-3-2-4-23(29-19)25(26,27)28/h2-4,11-13,15-16,18H,5-10,14H2,1H3,(H,30,33). The van der Waals surface area contributed by atoms with Gasteiger partial charge in [-0.1, -0.05) is 13.0 Å². The van der Waals surface area contributed by atoms with Crippen LogP contribution in [-0.2, 0) is 6.18 Å². The number of ether oxygens (including phenoxy) is 1. The van der Waals surface area contributed by atoms with Crippen molar-refractivity contribution in [3.05, 3.63) is 47.9 Å². The Morgan fingerprint density at radius 1 is 1.15 bits per heavy atom. The summed E-state index contributed by atoms with van der Waals surface area (Å²) in [7, 11) is 0. The van der Waals surface area contributed by atoms with Gasteiger partial charge in [0.1, 0.15) is 17.1 Å². The lowest BCUT2D eigenvalue weighted by atomic mass is 9.87. The van der Waals surface area contributed by atoms with Crippen LogP contribution in [0.25, 0.3) is 10.9 Å². The van der Waals surface area contributed by atoms with Crippen molar-refractivity contribution in [3.8, 4) is 5.75 Å². The van der Waals surface area contributed by atoms with Crippen LogP contribution in [0, 0.1) is 11.8 Å². The van der Waals surface area contributed by atoms with Crippen LogP contribution in [-0.4, -0.2) is 27.3 Å². The van der Waals surface area contributed by atoms with Gasteiger partial charge in [0.15, 0.2) is 0 Å². The molecule has 0 radical (unpaired) electrons. The molecule has 9 heteroatoms. The van der Waals surface area contributed by atoms with Gasteiger partial charge in [-0.2, -0.15) is 18.3 Å². The number of aromatic nitrogens is 3. The molecular weight excluding hydrogens is 445 g/mol. The molecule has 1 aromatic carbocycles. The molecule has 2 saturated carbocycles. The van der Waals surface area contributed by atoms with Gasteiger partial charge in [-0.05, 0) is 68.6 Å². The number of hydrogen-bond donors (Lipinski definition) is 1. The largest absolute Gasteiger partial charge is 0.491 e. The second-order valence-electron chi connectivity index (χ2n) is 9.54. The SMILES string of the molecule is CC1CCC(n2cc3cc(NC(=O)c4cccc(C(F)(F)F)n4)c(OCC4CC4)cc3n2)CC1. The molecule has 0 spiro atoms. The van der Waals surface area contributed by atoms with E-state index < -0.39 is 17.8 Å². The highest BCUT2D eigenvalue weighted by Crippen LogP contribution is 2.36. The minimum Gasteiger partial charge on any atom is -0.491 e. The summed E-state index contributed by atoms with van der Waals surface area (Å²) in [6.45, 7) is 2.80. The second-order valence-corrected chi connectivity index (χ2v) is 9.54. The Morgan fingerprint density at radius 2 is 1.91 bits per heavy atom. The van der Waals surface area contributed by atoms with Crippen LogP contribution in [0.2, 0.25) is 0 Å². The first-order valence-electron chi connectivity index (χ1n) is 11.8. The third kappa shape index (κ3) is 5.03. The molecule has 1 N–H and O–H groups in total. The predicted molar refractivity (Wildman–Crippen MR) is 122 cm³/mol. The number of nitrogens with zero attached hydrogens (tertiary/aromatic N) is 3. The molecule has 2 aliphatic rings. The highest BCUT2D eigenvalue weighted by Gasteiger charge is 2.33. The predicted octanol–water partition coefficient (Wildman–Crippen LogP) is 6.24. The van der Waals surface area contributed by atoms with Gasteiger partial charge in [-0.25, -0.2) is 4.98 Å². The lowest BCUT2D eigenvalue weighted by Gasteiger charge is -2.26. The molecular formula is C25H27F3N4O2. The normalized spacial score (nSPS) is 20.9. The smallest absolute Gasteiger partial charge is 0.433 e. The lowest BCUT2D eigenvalue weighted by Crippen LogP contribution is -2.17. The molecule has 0 unspecified atom stereocenters. The van der Waals surface area contributed by atoms with Crippen LogP contribution in [0.3, 0.4) is 0 Å². The third-order valence-corrected chi connectivity index (χ3v) is 6.67. The van der Waals surface area contributed by atoms with Crippen molar-refractivity contribution in [2.75, 3.05) is 11.9 Å². The Hall–Kier alpha value is -3.10. The van der Waals surface area contributed by atoms with E-state index in [-0.39, 0.29) is 5.69 Å². The molecule has 0 aliphatic heterocycles. The van der Waals surface area contributed by atoms with Crippen LogP contribution < -0.4 is 10.1 Å². The Morgan fingerprint density at radius 3 is 2.62 bits per heavy atom. The van der Waals surface area contributed by atoms with Crippen molar-refractivity contribution in [2.45, 2.75) is 57.7 Å². The highest BCUT2D eigenvalue weighted by atomic mass is 19.4. The Bertz CT molecular complexity index is 1190. The van der Waals surface area contributed by atoms with Gasteiger partial charge in [0, 0.05) is 17.6 Å². The summed E-state index contributed by atoms with van der Waals surface area (Å²) in [5.41, 5.74) is -0.257. The molecule has 0 atom stereocenters. The monoisotopic (exact) mass is 472 g/mol. The van der Waals surface area contributed by atoms with Crippen molar-refractivity contribution < 1.29 is 22.7 Å². The molecule has 5 rings (SSSR count). The van der Waals surface area contributed by atoms with Gasteiger partial charge in [-0.3, -0.25) is 9.48 Å². The summed E-state index contributed by atoms with van der Waals surface area (Å²) in [5.74, 6) is 0.957. The highest BCUT2D eigenvalue weighted by molar-refractivity contribution is 6.05. The van der Waals surface area contributed by atoms with Crippen LogP contribution in [0.4, 0.5) is 18.9 Å². The summed E-state index contributed by atoms with van der Waals surface area (Å²) in [4.78, 5) is 16.3. The number of rotatable bonds is 6. The maximum atomic E-state index is 13.0. The molecule has 2 fully saturated rings. The number of alkyl halides is 3. The molecule has 2 aliphatic carbocycles. The fraction of sp³-hybridized carbons (Fsp3) is 0.480. The zero-order valence-electron chi connectivity index (χ0n) is 18.9. The van der Waals surface area contributed by atoms with E-state index in [4.69, 9.17) is 9.84 Å². The third-order valence-electron chi connectivity index (χ3n) is 6.67. The summed E-state index contributed by atoms with van der Waals surface area (Å²) >= 11 is 0. The number of carbonyl (C=O) groups is 1. The van der Waals surface area contributed by atoms with E-state index in [9.17, 15) is 18.0 Å². The maximum Gasteiger partial charge on any atom is 0.433 e. The van der Waals surface area contributed by atoms with Gasteiger partial charge in [0.2, 0.25) is 0 Å². The topological polar surface area (TPSA) is 69.0 Å². The first-order chi connectivity index (χ1) is 16.3. The molecule has 3 aromatic rings.